The van der Waals surface area contributed by atoms with Crippen molar-refractivity contribution in [1.29, 1.82) is 0 Å². The summed E-state index contributed by atoms with van der Waals surface area (Å²) >= 11 is 0. The van der Waals surface area contributed by atoms with Crippen molar-refractivity contribution in [3.8, 4) is 0 Å². The van der Waals surface area contributed by atoms with E-state index in [2.05, 4.69) is 67.7 Å². The largest absolute Gasteiger partial charge is 0.462 e. The molecule has 7 nitrogen and oxygen atoms in total. The number of aryl methyl sites for hydroxylation is 1. The van der Waals surface area contributed by atoms with Crippen LogP contribution < -0.4 is 0 Å². The topological polar surface area (TPSA) is 88.1 Å². The number of ether oxygens (including phenoxy) is 1. The molecular weight excluding hydrogens is 537 g/mol. The molecule has 0 saturated heterocycles. The van der Waals surface area contributed by atoms with Crippen molar-refractivity contribution in [2.24, 2.45) is 11.8 Å². The summed E-state index contributed by atoms with van der Waals surface area (Å²) in [5, 5.41) is -0.00438. The molecule has 0 bridgehead atoms. The van der Waals surface area contributed by atoms with E-state index in [-0.39, 0.29) is 33.6 Å². The lowest BCUT2D eigenvalue weighted by Gasteiger charge is -2.41. The van der Waals surface area contributed by atoms with Crippen molar-refractivity contribution in [1.82, 2.24) is 0 Å². The van der Waals surface area contributed by atoms with Gasteiger partial charge in [0.2, 0.25) is 0 Å². The second kappa shape index (κ2) is 11.8. The predicted molar refractivity (Wildman–Crippen MR) is 157 cm³/mol. The van der Waals surface area contributed by atoms with Gasteiger partial charge in [-0.15, -0.1) is 0 Å². The normalized spacial score (nSPS) is 23.5. The number of hydrogen-bond acceptors (Lipinski definition) is 7. The monoisotopic (exact) mass is 586 g/mol. The highest BCUT2D eigenvalue weighted by atomic mass is 32.2. The van der Waals surface area contributed by atoms with Gasteiger partial charge >= 0.3 is 5.97 Å². The Balaban J connectivity index is 2.41. The molecule has 0 radical (unpaired) electrons. The highest BCUT2D eigenvalue weighted by Gasteiger charge is 2.51. The Morgan fingerprint density at radius 1 is 0.868 bits per heavy atom. The molecule has 0 heterocycles. The average molecular weight is 587 g/mol. The molecule has 1 aromatic rings. The second-order valence-electron chi connectivity index (χ2n) is 13.8. The van der Waals surface area contributed by atoms with Gasteiger partial charge in [0.1, 0.15) is 6.10 Å². The van der Waals surface area contributed by atoms with Crippen LogP contribution in [0.1, 0.15) is 60.5 Å². The van der Waals surface area contributed by atoms with Crippen LogP contribution in [0.2, 0.25) is 36.3 Å². The smallest absolute Gasteiger partial charge is 0.302 e. The summed E-state index contributed by atoms with van der Waals surface area (Å²) in [6, 6.07) is 6.58. The highest BCUT2D eigenvalue weighted by Crippen LogP contribution is 2.45. The van der Waals surface area contributed by atoms with Crippen molar-refractivity contribution < 1.29 is 31.0 Å². The molecule has 0 N–H and O–H groups in total. The molecule has 0 aromatic heterocycles. The molecule has 0 unspecified atom stereocenters. The maximum Gasteiger partial charge on any atom is 0.302 e. The minimum Gasteiger partial charge on any atom is -0.462 e. The fourth-order valence-corrected chi connectivity index (χ4v) is 7.46. The Hall–Kier alpha value is -1.05. The molecule has 218 valence electrons. The third kappa shape index (κ3) is 8.23. The Kier molecular flexibility index (Phi) is 10.3. The molecule has 2 rings (SSSR count). The van der Waals surface area contributed by atoms with Crippen LogP contribution in [-0.4, -0.2) is 56.4 Å². The minimum atomic E-state index is -3.99. The molecule has 0 aliphatic heterocycles. The summed E-state index contributed by atoms with van der Waals surface area (Å²) in [6.45, 7) is 25.5. The molecule has 1 saturated carbocycles. The number of rotatable bonds is 10. The standard InChI is InChI=1S/C28H50O7SSi2/c1-20-13-15-22(16-14-20)36(30,31)32-18-23-24(19-33-37(9,10)27(3,4)5)26(17-25(23)34-21(2)29)35-38(11,12)28(6,7)8/h13-16,23-26H,17-19H2,1-12H3/t23-,24+,25+,26-/m0/s1. The number of esters is 1. The molecule has 10 heteroatoms. The summed E-state index contributed by atoms with van der Waals surface area (Å²) < 4.78 is 51.0. The van der Waals surface area contributed by atoms with Gasteiger partial charge < -0.3 is 13.6 Å². The van der Waals surface area contributed by atoms with Gasteiger partial charge in [0.15, 0.2) is 16.6 Å². The molecular formula is C28H50O7SSi2. The lowest BCUT2D eigenvalue weighted by Crippen LogP contribution is -2.47. The van der Waals surface area contributed by atoms with Crippen molar-refractivity contribution >= 4 is 32.7 Å². The summed E-state index contributed by atoms with van der Waals surface area (Å²) in [5.41, 5.74) is 0.961. The molecule has 1 aromatic carbocycles. The van der Waals surface area contributed by atoms with E-state index in [0.717, 1.165) is 5.56 Å². The van der Waals surface area contributed by atoms with Gasteiger partial charge in [-0.2, -0.15) is 8.42 Å². The maximum atomic E-state index is 13.0. The Bertz CT molecular complexity index is 1050. The fourth-order valence-electron chi connectivity index (χ4n) is 4.09. The molecule has 1 aliphatic rings. The van der Waals surface area contributed by atoms with E-state index in [4.69, 9.17) is 17.8 Å². The van der Waals surface area contributed by atoms with Crippen LogP contribution in [0, 0.1) is 18.8 Å². The van der Waals surface area contributed by atoms with Crippen LogP contribution in [0.25, 0.3) is 0 Å². The maximum absolute atomic E-state index is 13.0. The first-order valence-electron chi connectivity index (χ1n) is 13.5. The lowest BCUT2D eigenvalue weighted by molar-refractivity contribution is -0.149. The third-order valence-electron chi connectivity index (χ3n) is 8.71. The van der Waals surface area contributed by atoms with E-state index in [0.29, 0.717) is 13.0 Å². The first-order chi connectivity index (χ1) is 17.1. The Morgan fingerprint density at radius 3 is 1.84 bits per heavy atom. The van der Waals surface area contributed by atoms with Gasteiger partial charge in [-0.1, -0.05) is 59.2 Å². The number of benzene rings is 1. The molecule has 0 amide bonds. The fraction of sp³-hybridized carbons (Fsp3) is 0.750. The summed E-state index contributed by atoms with van der Waals surface area (Å²) in [6.07, 6.45) is -0.278. The van der Waals surface area contributed by atoms with Crippen molar-refractivity contribution in [3.05, 3.63) is 29.8 Å². The van der Waals surface area contributed by atoms with Gasteiger partial charge in [-0.05, 0) is 55.3 Å². The van der Waals surface area contributed by atoms with E-state index in [9.17, 15) is 13.2 Å². The Morgan fingerprint density at radius 2 is 1.37 bits per heavy atom. The zero-order valence-corrected chi connectivity index (χ0v) is 28.3. The average Bonchev–Trinajstić information content (AvgIpc) is 3.04. The lowest BCUT2D eigenvalue weighted by atomic mass is 9.95. The van der Waals surface area contributed by atoms with Gasteiger partial charge in [-0.3, -0.25) is 8.98 Å². The van der Waals surface area contributed by atoms with Crippen LogP contribution >= 0.6 is 0 Å². The summed E-state index contributed by atoms with van der Waals surface area (Å²) in [4.78, 5) is 12.2. The van der Waals surface area contributed by atoms with E-state index in [1.54, 1.807) is 24.3 Å². The summed E-state index contributed by atoms with van der Waals surface area (Å²) in [5.74, 6) is -0.979. The van der Waals surface area contributed by atoms with E-state index >= 15 is 0 Å². The third-order valence-corrected chi connectivity index (χ3v) is 19.0. The van der Waals surface area contributed by atoms with Crippen LogP contribution in [0.3, 0.4) is 0 Å². The van der Waals surface area contributed by atoms with E-state index < -0.39 is 44.7 Å². The SMILES string of the molecule is CC(=O)O[C@@H]1C[C@H](O[Si](C)(C)C(C)(C)C)[C@H](CO[Si](C)(C)C(C)(C)C)[C@@H]1COS(=O)(=O)c1ccc(C)cc1. The minimum absolute atomic E-state index is 0.0114. The van der Waals surface area contributed by atoms with Crippen LogP contribution in [0.15, 0.2) is 29.2 Å². The highest BCUT2D eigenvalue weighted by molar-refractivity contribution is 7.86. The zero-order chi connectivity index (χ0) is 29.3. The van der Waals surface area contributed by atoms with Crippen LogP contribution in [0.5, 0.6) is 0 Å². The van der Waals surface area contributed by atoms with E-state index in [1.165, 1.54) is 6.92 Å². The van der Waals surface area contributed by atoms with Crippen molar-refractivity contribution in [3.63, 3.8) is 0 Å². The number of carbonyl (C=O) groups is 1. The number of hydrogen-bond donors (Lipinski definition) is 0. The quantitative estimate of drug-likeness (QED) is 0.172. The molecule has 4 atom stereocenters. The molecule has 1 fully saturated rings. The molecule has 1 aliphatic carbocycles. The second-order valence-corrected chi connectivity index (χ2v) is 24.9. The van der Waals surface area contributed by atoms with Gasteiger partial charge in [0.25, 0.3) is 10.1 Å². The van der Waals surface area contributed by atoms with Crippen LogP contribution in [0.4, 0.5) is 0 Å². The van der Waals surface area contributed by atoms with Crippen molar-refractivity contribution in [2.75, 3.05) is 13.2 Å². The molecule has 38 heavy (non-hydrogen) atoms. The Labute approximate surface area is 233 Å². The van der Waals surface area contributed by atoms with Gasteiger partial charge in [0.05, 0.1) is 17.6 Å². The van der Waals surface area contributed by atoms with Crippen LogP contribution in [-0.2, 0) is 32.7 Å². The zero-order valence-electron chi connectivity index (χ0n) is 25.5. The van der Waals surface area contributed by atoms with Crippen molar-refractivity contribution in [2.45, 2.75) is 115 Å². The number of carbonyl (C=O) groups excluding carboxylic acids is 1. The van der Waals surface area contributed by atoms with Gasteiger partial charge in [0, 0.05) is 31.8 Å². The van der Waals surface area contributed by atoms with E-state index in [1.807, 2.05) is 6.92 Å². The summed E-state index contributed by atoms with van der Waals surface area (Å²) in [7, 11) is -8.28. The first-order valence-corrected chi connectivity index (χ1v) is 20.7. The predicted octanol–water partition coefficient (Wildman–Crippen LogP) is 6.68. The van der Waals surface area contributed by atoms with Gasteiger partial charge in [-0.25, -0.2) is 0 Å². The molecule has 0 spiro atoms. The first kappa shape index (κ1) is 33.2.